The molecule has 1 aromatic heterocycles. The maximum atomic E-state index is 11.6. The Kier molecular flexibility index (Phi) is 6.38. The molecule has 0 unspecified atom stereocenters. The topological polar surface area (TPSA) is 60.5 Å². The molecule has 0 radical (unpaired) electrons. The third-order valence-corrected chi connectivity index (χ3v) is 3.54. The van der Waals surface area contributed by atoms with Gasteiger partial charge in [-0.25, -0.2) is 4.79 Å². The Morgan fingerprint density at radius 3 is 2.57 bits per heavy atom. The maximum absolute atomic E-state index is 11.6. The van der Waals surface area contributed by atoms with Crippen LogP contribution in [0.5, 0.6) is 0 Å². The summed E-state index contributed by atoms with van der Waals surface area (Å²) in [6.45, 7) is 5.23. The van der Waals surface area contributed by atoms with Gasteiger partial charge in [-0.3, -0.25) is 0 Å². The molecule has 124 valence electrons. The molecule has 0 aliphatic carbocycles. The average Bonchev–Trinajstić information content (AvgIpc) is 3.01. The van der Waals surface area contributed by atoms with E-state index in [9.17, 15) is 4.79 Å². The number of likely N-dealkylation sites (N-methyl/N-ethyl adjacent to an activating group) is 1. The van der Waals surface area contributed by atoms with Crippen molar-refractivity contribution in [1.29, 1.82) is 0 Å². The third kappa shape index (κ3) is 5.23. The zero-order chi connectivity index (χ0) is 16.7. The highest BCUT2D eigenvalue weighted by Crippen LogP contribution is 2.22. The Labute approximate surface area is 137 Å². The van der Waals surface area contributed by atoms with Crippen molar-refractivity contribution >= 4 is 5.97 Å². The van der Waals surface area contributed by atoms with Gasteiger partial charge in [-0.15, -0.1) is 0 Å². The summed E-state index contributed by atoms with van der Waals surface area (Å²) in [5.74, 6) is 1.49. The normalized spacial score (nSPS) is 11.0. The van der Waals surface area contributed by atoms with Gasteiger partial charge in [-0.2, -0.15) is 0 Å². The minimum atomic E-state index is -0.295. The number of rotatable bonds is 8. The molecule has 3 N–H and O–H groups in total. The highest BCUT2D eigenvalue weighted by molar-refractivity contribution is 5.89. The Morgan fingerprint density at radius 2 is 1.91 bits per heavy atom. The predicted molar refractivity (Wildman–Crippen MR) is 88.3 cm³/mol. The molecule has 5 heteroatoms. The first-order valence-electron chi connectivity index (χ1n) is 8.07. The van der Waals surface area contributed by atoms with Gasteiger partial charge in [0, 0.05) is 5.56 Å². The highest BCUT2D eigenvalue weighted by Gasteiger charge is 2.09. The van der Waals surface area contributed by atoms with E-state index in [0.717, 1.165) is 36.7 Å². The number of benzene rings is 1. The lowest BCUT2D eigenvalue weighted by molar-refractivity contribution is -0.875. The standard InChI is InChI=1S/C18H24N2O3/c1-4-22-18(21)15-7-5-14(6-8-15)17-10-9-16(23-17)13-19-11-12-20(2)3/h5-10,19H,4,11-13H2,1-3H3/p+2. The number of hydrogen-bond acceptors (Lipinski definition) is 3. The number of nitrogens with two attached hydrogens (primary N) is 1. The molecule has 5 nitrogen and oxygen atoms in total. The number of nitrogens with one attached hydrogen (secondary N) is 1. The van der Waals surface area contributed by atoms with Crippen LogP contribution in [0.2, 0.25) is 0 Å². The molecule has 0 aliphatic rings. The summed E-state index contributed by atoms with van der Waals surface area (Å²) in [4.78, 5) is 13.1. The first kappa shape index (κ1) is 17.2. The van der Waals surface area contributed by atoms with Crippen molar-refractivity contribution in [2.24, 2.45) is 0 Å². The van der Waals surface area contributed by atoms with E-state index in [1.54, 1.807) is 19.1 Å². The SMILES string of the molecule is CCOC(=O)c1ccc(-c2ccc(C[NH2+]CC[NH+](C)C)o2)cc1. The van der Waals surface area contributed by atoms with Gasteiger partial charge in [0.1, 0.15) is 25.4 Å². The minimum Gasteiger partial charge on any atom is -0.462 e. The summed E-state index contributed by atoms with van der Waals surface area (Å²) in [6, 6.07) is 11.3. The molecule has 0 spiro atoms. The largest absolute Gasteiger partial charge is 0.462 e. The second kappa shape index (κ2) is 8.50. The van der Waals surface area contributed by atoms with Crippen molar-refractivity contribution < 1.29 is 24.2 Å². The van der Waals surface area contributed by atoms with Gasteiger partial charge in [0.25, 0.3) is 0 Å². The van der Waals surface area contributed by atoms with Crippen LogP contribution >= 0.6 is 0 Å². The van der Waals surface area contributed by atoms with Gasteiger partial charge in [0.05, 0.1) is 26.3 Å². The van der Waals surface area contributed by atoms with Crippen LogP contribution in [0.4, 0.5) is 0 Å². The lowest BCUT2D eigenvalue weighted by Gasteiger charge is -2.05. The van der Waals surface area contributed by atoms with E-state index in [2.05, 4.69) is 19.4 Å². The molecule has 2 rings (SSSR count). The quantitative estimate of drug-likeness (QED) is 0.545. The lowest BCUT2D eigenvalue weighted by atomic mass is 10.1. The average molecular weight is 318 g/mol. The van der Waals surface area contributed by atoms with Gasteiger partial charge >= 0.3 is 5.97 Å². The molecule has 0 aliphatic heterocycles. The molecule has 0 saturated heterocycles. The molecule has 23 heavy (non-hydrogen) atoms. The van der Waals surface area contributed by atoms with Crippen LogP contribution in [0.25, 0.3) is 11.3 Å². The Balaban J connectivity index is 1.93. The fourth-order valence-corrected chi connectivity index (χ4v) is 2.26. The van der Waals surface area contributed by atoms with E-state index < -0.39 is 0 Å². The lowest BCUT2D eigenvalue weighted by Crippen LogP contribution is -3.09. The zero-order valence-electron chi connectivity index (χ0n) is 14.1. The molecule has 0 fully saturated rings. The molecular weight excluding hydrogens is 292 g/mol. The van der Waals surface area contributed by atoms with Crippen molar-refractivity contribution in [1.82, 2.24) is 0 Å². The number of esters is 1. The van der Waals surface area contributed by atoms with Gasteiger partial charge in [0.2, 0.25) is 0 Å². The molecule has 1 aromatic carbocycles. The monoisotopic (exact) mass is 318 g/mol. The molecule has 0 saturated carbocycles. The van der Waals surface area contributed by atoms with Crippen LogP contribution in [0, 0.1) is 0 Å². The maximum Gasteiger partial charge on any atom is 0.338 e. The molecule has 0 bridgehead atoms. The molecule has 1 heterocycles. The summed E-state index contributed by atoms with van der Waals surface area (Å²) in [5, 5.41) is 2.25. The second-order valence-electron chi connectivity index (χ2n) is 5.80. The van der Waals surface area contributed by atoms with Crippen LogP contribution in [-0.2, 0) is 11.3 Å². The van der Waals surface area contributed by atoms with Gasteiger partial charge in [0.15, 0.2) is 5.76 Å². The van der Waals surface area contributed by atoms with Crippen molar-refractivity contribution in [2.75, 3.05) is 33.8 Å². The van der Waals surface area contributed by atoms with Crippen molar-refractivity contribution in [2.45, 2.75) is 13.5 Å². The van der Waals surface area contributed by atoms with Crippen molar-refractivity contribution in [3.8, 4) is 11.3 Å². The number of hydrogen-bond donors (Lipinski definition) is 2. The Morgan fingerprint density at radius 1 is 1.17 bits per heavy atom. The first-order chi connectivity index (χ1) is 11.1. The van der Waals surface area contributed by atoms with Crippen molar-refractivity contribution in [3.05, 3.63) is 47.7 Å². The Hall–Kier alpha value is -2.11. The van der Waals surface area contributed by atoms with Crippen LogP contribution in [0.15, 0.2) is 40.8 Å². The summed E-state index contributed by atoms with van der Waals surface area (Å²) in [6.07, 6.45) is 0. The van der Waals surface area contributed by atoms with Crippen LogP contribution in [0.3, 0.4) is 0 Å². The van der Waals surface area contributed by atoms with Gasteiger partial charge in [-0.1, -0.05) is 12.1 Å². The van der Waals surface area contributed by atoms with Gasteiger partial charge < -0.3 is 19.4 Å². The molecule has 0 atom stereocenters. The molecule has 2 aromatic rings. The number of furan rings is 1. The van der Waals surface area contributed by atoms with E-state index in [1.165, 1.54) is 4.90 Å². The zero-order valence-corrected chi connectivity index (χ0v) is 14.1. The van der Waals surface area contributed by atoms with Crippen LogP contribution in [-0.4, -0.2) is 39.8 Å². The van der Waals surface area contributed by atoms with Gasteiger partial charge in [-0.05, 0) is 31.2 Å². The van der Waals surface area contributed by atoms with E-state index in [1.807, 2.05) is 24.3 Å². The fourth-order valence-electron chi connectivity index (χ4n) is 2.26. The third-order valence-electron chi connectivity index (χ3n) is 3.54. The summed E-state index contributed by atoms with van der Waals surface area (Å²) < 4.78 is 10.9. The second-order valence-corrected chi connectivity index (χ2v) is 5.80. The summed E-state index contributed by atoms with van der Waals surface area (Å²) >= 11 is 0. The molecule has 0 amide bonds. The predicted octanol–water partition coefficient (Wildman–Crippen LogP) is 0.331. The fraction of sp³-hybridized carbons (Fsp3) is 0.389. The van der Waals surface area contributed by atoms with E-state index in [-0.39, 0.29) is 5.97 Å². The van der Waals surface area contributed by atoms with E-state index in [4.69, 9.17) is 9.15 Å². The number of carbonyl (C=O) groups excluding carboxylic acids is 1. The first-order valence-corrected chi connectivity index (χ1v) is 8.07. The minimum absolute atomic E-state index is 0.295. The number of ether oxygens (including phenoxy) is 1. The smallest absolute Gasteiger partial charge is 0.338 e. The van der Waals surface area contributed by atoms with E-state index in [0.29, 0.717) is 12.2 Å². The Bertz CT molecular complexity index is 617. The van der Waals surface area contributed by atoms with Crippen molar-refractivity contribution in [3.63, 3.8) is 0 Å². The number of carbonyl (C=O) groups is 1. The number of quaternary nitrogens is 2. The summed E-state index contributed by atoms with van der Waals surface area (Å²) in [5.41, 5.74) is 1.52. The summed E-state index contributed by atoms with van der Waals surface area (Å²) in [7, 11) is 4.30. The van der Waals surface area contributed by atoms with E-state index >= 15 is 0 Å². The van der Waals surface area contributed by atoms with Crippen LogP contribution in [0.1, 0.15) is 23.0 Å². The molecular formula is C18H26N2O3+2. The van der Waals surface area contributed by atoms with Crippen LogP contribution < -0.4 is 10.2 Å². The highest BCUT2D eigenvalue weighted by atomic mass is 16.5.